The fraction of sp³-hybridized carbons (Fsp3) is 0.357. The second kappa shape index (κ2) is 5.16. The van der Waals surface area contributed by atoms with Crippen LogP contribution in [0.15, 0.2) is 24.5 Å². The first-order chi connectivity index (χ1) is 10.0. The first kappa shape index (κ1) is 13.5. The lowest BCUT2D eigenvalue weighted by atomic mass is 9.96. The molecule has 0 unspecified atom stereocenters. The second-order valence-electron chi connectivity index (χ2n) is 5.21. The van der Waals surface area contributed by atoms with E-state index in [0.29, 0.717) is 31.6 Å². The van der Waals surface area contributed by atoms with Crippen molar-refractivity contribution in [1.29, 1.82) is 0 Å². The number of halogens is 1. The minimum absolute atomic E-state index is 0.163. The predicted octanol–water partition coefficient (Wildman–Crippen LogP) is 0.811. The summed E-state index contributed by atoms with van der Waals surface area (Å²) in [4.78, 5) is 29.3. The molecule has 1 saturated heterocycles. The highest BCUT2D eigenvalue weighted by Gasteiger charge is 2.27. The van der Waals surface area contributed by atoms with Gasteiger partial charge in [-0.25, -0.2) is 9.37 Å². The molecule has 0 saturated carbocycles. The molecule has 2 aromatic heterocycles. The summed E-state index contributed by atoms with van der Waals surface area (Å²) in [5.41, 5.74) is 6.07. The lowest BCUT2D eigenvalue weighted by Gasteiger charge is -2.29. The van der Waals surface area contributed by atoms with E-state index < -0.39 is 0 Å². The fourth-order valence-electron chi connectivity index (χ4n) is 2.60. The summed E-state index contributed by atoms with van der Waals surface area (Å²) in [6, 6.07) is 2.82. The minimum atomic E-state index is -0.388. The Hall–Kier alpha value is -2.44. The summed E-state index contributed by atoms with van der Waals surface area (Å²) in [5, 5.41) is 0. The van der Waals surface area contributed by atoms with Crippen molar-refractivity contribution in [1.82, 2.24) is 14.3 Å². The van der Waals surface area contributed by atoms with Gasteiger partial charge in [0.15, 0.2) is 0 Å². The third kappa shape index (κ3) is 2.58. The molecule has 110 valence electrons. The quantitative estimate of drug-likeness (QED) is 0.888. The molecule has 0 aliphatic carbocycles. The molecular weight excluding hydrogens is 275 g/mol. The highest BCUT2D eigenvalue weighted by molar-refractivity contribution is 5.93. The van der Waals surface area contributed by atoms with Gasteiger partial charge in [0.2, 0.25) is 5.91 Å². The van der Waals surface area contributed by atoms with Gasteiger partial charge < -0.3 is 15.0 Å². The predicted molar refractivity (Wildman–Crippen MR) is 73.0 cm³/mol. The fourth-order valence-corrected chi connectivity index (χ4v) is 2.60. The Morgan fingerprint density at radius 1 is 1.24 bits per heavy atom. The molecule has 1 aliphatic heterocycles. The van der Waals surface area contributed by atoms with Crippen molar-refractivity contribution in [3.8, 4) is 0 Å². The van der Waals surface area contributed by atoms with Crippen LogP contribution in [0, 0.1) is 11.7 Å². The maximum absolute atomic E-state index is 13.1. The van der Waals surface area contributed by atoms with E-state index in [1.807, 2.05) is 0 Å². The number of fused-ring (bicyclic) bond motifs is 1. The Bertz CT molecular complexity index is 704. The van der Waals surface area contributed by atoms with Crippen LogP contribution < -0.4 is 5.73 Å². The Kier molecular flexibility index (Phi) is 3.32. The van der Waals surface area contributed by atoms with Crippen LogP contribution in [0.3, 0.4) is 0 Å². The van der Waals surface area contributed by atoms with E-state index in [2.05, 4.69) is 4.98 Å². The molecule has 6 nitrogen and oxygen atoms in total. The lowest BCUT2D eigenvalue weighted by molar-refractivity contribution is -0.123. The molecule has 0 atom stereocenters. The van der Waals surface area contributed by atoms with Crippen LogP contribution in [0.5, 0.6) is 0 Å². The zero-order valence-electron chi connectivity index (χ0n) is 11.3. The number of nitrogens with zero attached hydrogens (tertiary/aromatic N) is 3. The van der Waals surface area contributed by atoms with Gasteiger partial charge in [-0.05, 0) is 25.0 Å². The maximum Gasteiger partial charge on any atom is 0.274 e. The van der Waals surface area contributed by atoms with E-state index in [4.69, 9.17) is 5.73 Å². The Balaban J connectivity index is 1.76. The molecule has 3 heterocycles. The number of pyridine rings is 1. The van der Waals surface area contributed by atoms with Crippen molar-refractivity contribution in [2.24, 2.45) is 11.7 Å². The summed E-state index contributed by atoms with van der Waals surface area (Å²) < 4.78 is 14.6. The van der Waals surface area contributed by atoms with Gasteiger partial charge in [0.1, 0.15) is 17.2 Å². The van der Waals surface area contributed by atoms with Crippen LogP contribution in [0.1, 0.15) is 23.3 Å². The van der Waals surface area contributed by atoms with E-state index in [1.54, 1.807) is 4.90 Å². The van der Waals surface area contributed by atoms with Crippen molar-refractivity contribution < 1.29 is 14.0 Å². The topological polar surface area (TPSA) is 80.7 Å². The zero-order chi connectivity index (χ0) is 15.0. The Morgan fingerprint density at radius 2 is 1.95 bits per heavy atom. The molecule has 0 aromatic carbocycles. The summed E-state index contributed by atoms with van der Waals surface area (Å²) in [7, 11) is 0. The summed E-state index contributed by atoms with van der Waals surface area (Å²) in [6.45, 7) is 0.962. The van der Waals surface area contributed by atoms with Crippen LogP contribution in [0.25, 0.3) is 5.65 Å². The molecule has 2 aromatic rings. The number of carbonyl (C=O) groups excluding carboxylic acids is 2. The molecule has 1 fully saturated rings. The molecular formula is C14H15FN4O2. The highest BCUT2D eigenvalue weighted by Crippen LogP contribution is 2.18. The van der Waals surface area contributed by atoms with Gasteiger partial charge in [0.05, 0.1) is 0 Å². The summed E-state index contributed by atoms with van der Waals surface area (Å²) in [5.74, 6) is -1.07. The number of amides is 2. The van der Waals surface area contributed by atoms with Crippen LogP contribution in [-0.4, -0.2) is 39.2 Å². The molecule has 1 aliphatic rings. The van der Waals surface area contributed by atoms with Gasteiger partial charge in [-0.3, -0.25) is 9.59 Å². The number of carbonyl (C=O) groups is 2. The number of likely N-dealkylation sites (tertiary alicyclic amines) is 1. The van der Waals surface area contributed by atoms with E-state index in [-0.39, 0.29) is 29.2 Å². The first-order valence-electron chi connectivity index (χ1n) is 6.77. The van der Waals surface area contributed by atoms with Crippen molar-refractivity contribution in [2.45, 2.75) is 12.8 Å². The normalized spacial score (nSPS) is 16.3. The van der Waals surface area contributed by atoms with Gasteiger partial charge in [0, 0.05) is 31.4 Å². The van der Waals surface area contributed by atoms with Crippen molar-refractivity contribution >= 4 is 17.5 Å². The number of rotatable bonds is 2. The average molecular weight is 290 g/mol. The van der Waals surface area contributed by atoms with Gasteiger partial charge in [-0.1, -0.05) is 0 Å². The van der Waals surface area contributed by atoms with Crippen LogP contribution in [0.2, 0.25) is 0 Å². The van der Waals surface area contributed by atoms with Gasteiger partial charge in [-0.15, -0.1) is 0 Å². The number of imidazole rings is 1. The zero-order valence-corrected chi connectivity index (χ0v) is 11.3. The molecule has 2 N–H and O–H groups in total. The number of piperidine rings is 1. The number of primary amides is 1. The minimum Gasteiger partial charge on any atom is -0.369 e. The van der Waals surface area contributed by atoms with Crippen molar-refractivity contribution in [3.63, 3.8) is 0 Å². The number of aromatic nitrogens is 2. The first-order valence-corrected chi connectivity index (χ1v) is 6.77. The maximum atomic E-state index is 13.1. The van der Waals surface area contributed by atoms with E-state index in [1.165, 1.54) is 28.9 Å². The standard InChI is InChI=1S/C14H15FN4O2/c15-10-1-2-12-17-11(8-19(12)7-10)14(21)18-5-3-9(4-6-18)13(16)20/h1-2,7-9H,3-6H2,(H2,16,20). The molecule has 0 bridgehead atoms. The Morgan fingerprint density at radius 3 is 2.62 bits per heavy atom. The van der Waals surface area contributed by atoms with Gasteiger partial charge in [-0.2, -0.15) is 0 Å². The monoisotopic (exact) mass is 290 g/mol. The smallest absolute Gasteiger partial charge is 0.274 e. The van der Waals surface area contributed by atoms with Crippen LogP contribution in [-0.2, 0) is 4.79 Å². The highest BCUT2D eigenvalue weighted by atomic mass is 19.1. The Labute approximate surface area is 120 Å². The molecule has 2 amide bonds. The second-order valence-corrected chi connectivity index (χ2v) is 5.21. The number of nitrogens with two attached hydrogens (primary N) is 1. The van der Waals surface area contributed by atoms with Gasteiger partial charge >= 0.3 is 0 Å². The van der Waals surface area contributed by atoms with Crippen molar-refractivity contribution in [2.75, 3.05) is 13.1 Å². The third-order valence-corrected chi connectivity index (χ3v) is 3.82. The molecule has 21 heavy (non-hydrogen) atoms. The lowest BCUT2D eigenvalue weighted by Crippen LogP contribution is -2.41. The van der Waals surface area contributed by atoms with Gasteiger partial charge in [0.25, 0.3) is 5.91 Å². The van der Waals surface area contributed by atoms with Crippen LogP contribution >= 0.6 is 0 Å². The number of hydrogen-bond acceptors (Lipinski definition) is 3. The van der Waals surface area contributed by atoms with E-state index in [0.717, 1.165) is 0 Å². The van der Waals surface area contributed by atoms with E-state index in [9.17, 15) is 14.0 Å². The molecule has 0 radical (unpaired) electrons. The molecule has 3 rings (SSSR count). The largest absolute Gasteiger partial charge is 0.369 e. The van der Waals surface area contributed by atoms with Crippen LogP contribution in [0.4, 0.5) is 4.39 Å². The molecule has 0 spiro atoms. The molecule has 7 heteroatoms. The van der Waals surface area contributed by atoms with Crippen molar-refractivity contribution in [3.05, 3.63) is 36.0 Å². The third-order valence-electron chi connectivity index (χ3n) is 3.82. The summed E-state index contributed by atoms with van der Waals surface area (Å²) >= 11 is 0. The number of hydrogen-bond donors (Lipinski definition) is 1. The SMILES string of the molecule is NC(=O)C1CCN(C(=O)c2cn3cc(F)ccc3n2)CC1. The average Bonchev–Trinajstić information content (AvgIpc) is 2.89. The summed E-state index contributed by atoms with van der Waals surface area (Å²) in [6.07, 6.45) is 3.94. The van der Waals surface area contributed by atoms with E-state index >= 15 is 0 Å².